The van der Waals surface area contributed by atoms with Gasteiger partial charge in [-0.2, -0.15) is 0 Å². The smallest absolute Gasteiger partial charge is 0.126 e. The summed E-state index contributed by atoms with van der Waals surface area (Å²) in [5, 5.41) is 1.25. The van der Waals surface area contributed by atoms with Crippen LogP contribution in [0.1, 0.15) is 11.1 Å². The molecule has 2 aromatic rings. The SMILES string of the molecule is Fc1ccc(Cl)cc1CC(CCl)Cc1ccc(Cl)cc1. The summed E-state index contributed by atoms with van der Waals surface area (Å²) in [6.07, 6.45) is 1.35. The van der Waals surface area contributed by atoms with Crippen LogP contribution >= 0.6 is 34.8 Å². The molecule has 1 unspecified atom stereocenters. The van der Waals surface area contributed by atoms with Gasteiger partial charge in [-0.05, 0) is 60.2 Å². The van der Waals surface area contributed by atoms with Gasteiger partial charge in [-0.15, -0.1) is 11.6 Å². The number of alkyl halides is 1. The molecule has 0 saturated carbocycles. The highest BCUT2D eigenvalue weighted by Crippen LogP contribution is 2.22. The van der Waals surface area contributed by atoms with Crippen LogP contribution in [-0.2, 0) is 12.8 Å². The van der Waals surface area contributed by atoms with Crippen molar-refractivity contribution in [3.05, 3.63) is 69.5 Å². The van der Waals surface area contributed by atoms with Crippen molar-refractivity contribution in [3.63, 3.8) is 0 Å². The molecule has 0 bridgehead atoms. The minimum atomic E-state index is -0.236. The van der Waals surface area contributed by atoms with Crippen molar-refractivity contribution in [2.75, 3.05) is 5.88 Å². The van der Waals surface area contributed by atoms with Gasteiger partial charge in [0.25, 0.3) is 0 Å². The van der Waals surface area contributed by atoms with Gasteiger partial charge in [0.05, 0.1) is 0 Å². The summed E-state index contributed by atoms with van der Waals surface area (Å²) in [7, 11) is 0. The Morgan fingerprint density at radius 3 is 2.20 bits per heavy atom. The molecule has 2 aromatic carbocycles. The van der Waals surface area contributed by atoms with Crippen molar-refractivity contribution in [2.24, 2.45) is 5.92 Å². The topological polar surface area (TPSA) is 0 Å². The maximum Gasteiger partial charge on any atom is 0.126 e. The third kappa shape index (κ3) is 4.37. The third-order valence-corrected chi connectivity index (χ3v) is 4.10. The normalized spacial score (nSPS) is 12.4. The Kier molecular flexibility index (Phi) is 5.71. The number of hydrogen-bond acceptors (Lipinski definition) is 0. The Bertz CT molecular complexity index is 566. The van der Waals surface area contributed by atoms with Gasteiger partial charge < -0.3 is 0 Å². The second kappa shape index (κ2) is 7.31. The first-order chi connectivity index (χ1) is 9.58. The zero-order valence-electron chi connectivity index (χ0n) is 10.8. The van der Waals surface area contributed by atoms with Gasteiger partial charge in [-0.1, -0.05) is 35.3 Å². The van der Waals surface area contributed by atoms with Crippen LogP contribution in [0.15, 0.2) is 42.5 Å². The molecule has 106 valence electrons. The number of halogens is 4. The summed E-state index contributed by atoms with van der Waals surface area (Å²) in [6.45, 7) is 0. The van der Waals surface area contributed by atoms with Crippen molar-refractivity contribution in [3.8, 4) is 0 Å². The molecule has 0 spiro atoms. The lowest BCUT2D eigenvalue weighted by molar-refractivity contribution is 0.546. The van der Waals surface area contributed by atoms with E-state index in [2.05, 4.69) is 0 Å². The van der Waals surface area contributed by atoms with Crippen LogP contribution in [0.2, 0.25) is 10.0 Å². The predicted octanol–water partition coefficient (Wildman–Crippen LogP) is 5.77. The van der Waals surface area contributed by atoms with Gasteiger partial charge >= 0.3 is 0 Å². The Hall–Kier alpha value is -0.760. The van der Waals surface area contributed by atoms with Gasteiger partial charge in [-0.25, -0.2) is 4.39 Å². The molecule has 20 heavy (non-hydrogen) atoms. The summed E-state index contributed by atoms with van der Waals surface area (Å²) in [4.78, 5) is 0. The molecule has 0 radical (unpaired) electrons. The van der Waals surface area contributed by atoms with E-state index in [1.54, 1.807) is 12.1 Å². The van der Waals surface area contributed by atoms with Crippen LogP contribution < -0.4 is 0 Å². The van der Waals surface area contributed by atoms with E-state index in [0.717, 1.165) is 12.0 Å². The molecule has 0 heterocycles. The first-order valence-electron chi connectivity index (χ1n) is 6.33. The molecular formula is C16H14Cl3F. The Morgan fingerprint density at radius 1 is 0.900 bits per heavy atom. The monoisotopic (exact) mass is 330 g/mol. The molecule has 0 fully saturated rings. The van der Waals surface area contributed by atoms with Gasteiger partial charge in [0.1, 0.15) is 5.82 Å². The largest absolute Gasteiger partial charge is 0.207 e. The van der Waals surface area contributed by atoms with Crippen molar-refractivity contribution >= 4 is 34.8 Å². The van der Waals surface area contributed by atoms with E-state index in [0.29, 0.717) is 27.9 Å². The molecule has 0 nitrogen and oxygen atoms in total. The van der Waals surface area contributed by atoms with E-state index in [4.69, 9.17) is 34.8 Å². The van der Waals surface area contributed by atoms with E-state index in [9.17, 15) is 4.39 Å². The fourth-order valence-corrected chi connectivity index (χ4v) is 2.68. The average Bonchev–Trinajstić information content (AvgIpc) is 2.44. The molecule has 0 aromatic heterocycles. The van der Waals surface area contributed by atoms with Crippen LogP contribution in [0.25, 0.3) is 0 Å². The summed E-state index contributed by atoms with van der Waals surface area (Å²) in [6, 6.07) is 12.2. The first kappa shape index (κ1) is 15.6. The summed E-state index contributed by atoms with van der Waals surface area (Å²) in [5.74, 6) is 0.389. The predicted molar refractivity (Wildman–Crippen MR) is 84.5 cm³/mol. The summed E-state index contributed by atoms with van der Waals surface area (Å²) < 4.78 is 13.7. The number of rotatable bonds is 5. The zero-order valence-corrected chi connectivity index (χ0v) is 13.0. The highest BCUT2D eigenvalue weighted by molar-refractivity contribution is 6.30. The number of benzene rings is 2. The summed E-state index contributed by atoms with van der Waals surface area (Å²) in [5.41, 5.74) is 1.75. The summed E-state index contributed by atoms with van der Waals surface area (Å²) >= 11 is 17.8. The molecule has 0 saturated heterocycles. The van der Waals surface area contributed by atoms with E-state index >= 15 is 0 Å². The quantitative estimate of drug-likeness (QED) is 0.610. The van der Waals surface area contributed by atoms with Crippen LogP contribution in [0.4, 0.5) is 4.39 Å². The Balaban J connectivity index is 2.08. The van der Waals surface area contributed by atoms with Gasteiger partial charge in [0.2, 0.25) is 0 Å². The first-order valence-corrected chi connectivity index (χ1v) is 7.62. The van der Waals surface area contributed by atoms with Gasteiger partial charge in [-0.3, -0.25) is 0 Å². The van der Waals surface area contributed by atoms with Crippen LogP contribution in [-0.4, -0.2) is 5.88 Å². The van der Waals surface area contributed by atoms with Crippen molar-refractivity contribution in [1.82, 2.24) is 0 Å². The highest BCUT2D eigenvalue weighted by atomic mass is 35.5. The van der Waals surface area contributed by atoms with Crippen LogP contribution in [0, 0.1) is 11.7 Å². The van der Waals surface area contributed by atoms with Crippen molar-refractivity contribution in [1.29, 1.82) is 0 Å². The molecule has 0 N–H and O–H groups in total. The Morgan fingerprint density at radius 2 is 1.55 bits per heavy atom. The lowest BCUT2D eigenvalue weighted by Crippen LogP contribution is -2.11. The van der Waals surface area contributed by atoms with E-state index < -0.39 is 0 Å². The maximum absolute atomic E-state index is 13.7. The molecule has 0 aliphatic heterocycles. The van der Waals surface area contributed by atoms with E-state index in [1.807, 2.05) is 24.3 Å². The lowest BCUT2D eigenvalue weighted by atomic mass is 9.94. The van der Waals surface area contributed by atoms with Crippen molar-refractivity contribution < 1.29 is 4.39 Å². The van der Waals surface area contributed by atoms with Gasteiger partial charge in [0.15, 0.2) is 0 Å². The fraction of sp³-hybridized carbons (Fsp3) is 0.250. The standard InChI is InChI=1S/C16H14Cl3F/c17-10-12(7-11-1-3-14(18)4-2-11)8-13-9-15(19)5-6-16(13)20/h1-6,9,12H,7-8,10H2. The molecule has 2 rings (SSSR count). The zero-order chi connectivity index (χ0) is 14.5. The second-order valence-corrected chi connectivity index (χ2v) is 5.97. The molecule has 0 aliphatic carbocycles. The molecule has 4 heteroatoms. The van der Waals surface area contributed by atoms with Gasteiger partial charge in [0, 0.05) is 15.9 Å². The number of hydrogen-bond donors (Lipinski definition) is 0. The highest BCUT2D eigenvalue weighted by Gasteiger charge is 2.13. The fourth-order valence-electron chi connectivity index (χ4n) is 2.15. The lowest BCUT2D eigenvalue weighted by Gasteiger charge is -2.15. The van der Waals surface area contributed by atoms with Crippen molar-refractivity contribution in [2.45, 2.75) is 12.8 Å². The average molecular weight is 332 g/mol. The van der Waals surface area contributed by atoms with Crippen LogP contribution in [0.3, 0.4) is 0 Å². The van der Waals surface area contributed by atoms with Crippen LogP contribution in [0.5, 0.6) is 0 Å². The van der Waals surface area contributed by atoms with E-state index in [1.165, 1.54) is 6.07 Å². The van der Waals surface area contributed by atoms with E-state index in [-0.39, 0.29) is 11.7 Å². The minimum Gasteiger partial charge on any atom is -0.207 e. The minimum absolute atomic E-state index is 0.158. The third-order valence-electron chi connectivity index (χ3n) is 3.17. The molecule has 1 atom stereocenters. The Labute approximate surface area is 133 Å². The molecule has 0 amide bonds. The molecular weight excluding hydrogens is 318 g/mol. The second-order valence-electron chi connectivity index (χ2n) is 4.79. The molecule has 0 aliphatic rings. The maximum atomic E-state index is 13.7.